The Morgan fingerprint density at radius 3 is 2.65 bits per heavy atom. The predicted octanol–water partition coefficient (Wildman–Crippen LogP) is 4.62. The normalized spacial score (nSPS) is 10.3. The molecule has 2 aromatic carbocycles. The summed E-state index contributed by atoms with van der Waals surface area (Å²) in [7, 11) is 1.51. The van der Waals surface area contributed by atoms with E-state index in [1.807, 2.05) is 39.0 Å². The number of methoxy groups -OCH3 is 1. The maximum absolute atomic E-state index is 12.5. The largest absolute Gasteiger partial charge is 0.493 e. The van der Waals surface area contributed by atoms with Crippen molar-refractivity contribution >= 4 is 23.2 Å². The minimum absolute atomic E-state index is 0.248. The number of nitrogens with one attached hydrogen (secondary N) is 1. The van der Waals surface area contributed by atoms with Gasteiger partial charge in [-0.1, -0.05) is 23.7 Å². The van der Waals surface area contributed by atoms with Crippen molar-refractivity contribution in [3.63, 3.8) is 0 Å². The third-order valence-corrected chi connectivity index (χ3v) is 3.91. The standard InChI is InChI=1S/C18H20ClNO3/c1-5-23-17-14(19)9-13(10-16(17)22-4)18(21)20-15-8-6-7-11(2)12(15)3/h6-10H,5H2,1-4H3,(H,20,21). The first-order valence-corrected chi connectivity index (χ1v) is 7.73. The Balaban J connectivity index is 2.32. The molecule has 0 aliphatic heterocycles. The Labute approximate surface area is 141 Å². The van der Waals surface area contributed by atoms with Crippen LogP contribution in [0.1, 0.15) is 28.4 Å². The lowest BCUT2D eigenvalue weighted by Crippen LogP contribution is -2.13. The first-order chi connectivity index (χ1) is 11.0. The molecule has 1 N–H and O–H groups in total. The van der Waals surface area contributed by atoms with E-state index < -0.39 is 0 Å². The fourth-order valence-electron chi connectivity index (χ4n) is 2.22. The summed E-state index contributed by atoms with van der Waals surface area (Å²) in [4.78, 5) is 12.5. The summed E-state index contributed by atoms with van der Waals surface area (Å²) in [5.41, 5.74) is 3.34. The maximum Gasteiger partial charge on any atom is 0.255 e. The second-order valence-corrected chi connectivity index (χ2v) is 5.53. The lowest BCUT2D eigenvalue weighted by atomic mass is 10.1. The van der Waals surface area contributed by atoms with Crippen LogP contribution in [0.3, 0.4) is 0 Å². The Kier molecular flexibility index (Phi) is 5.50. The van der Waals surface area contributed by atoms with Crippen LogP contribution in [0, 0.1) is 13.8 Å². The Morgan fingerprint density at radius 1 is 1.26 bits per heavy atom. The number of carbonyl (C=O) groups excluding carboxylic acids is 1. The number of benzene rings is 2. The van der Waals surface area contributed by atoms with Gasteiger partial charge in [0.15, 0.2) is 11.5 Å². The number of carbonyl (C=O) groups is 1. The van der Waals surface area contributed by atoms with Gasteiger partial charge in [0, 0.05) is 11.3 Å². The van der Waals surface area contributed by atoms with Gasteiger partial charge in [-0.15, -0.1) is 0 Å². The van der Waals surface area contributed by atoms with Crippen molar-refractivity contribution in [3.05, 3.63) is 52.0 Å². The Bertz CT molecular complexity index is 728. The highest BCUT2D eigenvalue weighted by Crippen LogP contribution is 2.36. The molecule has 23 heavy (non-hydrogen) atoms. The van der Waals surface area contributed by atoms with E-state index in [0.717, 1.165) is 16.8 Å². The smallest absolute Gasteiger partial charge is 0.255 e. The molecule has 0 saturated carbocycles. The van der Waals surface area contributed by atoms with Crippen LogP contribution in [0.5, 0.6) is 11.5 Å². The van der Waals surface area contributed by atoms with Crippen LogP contribution in [0.15, 0.2) is 30.3 Å². The molecule has 0 aromatic heterocycles. The van der Waals surface area contributed by atoms with E-state index in [-0.39, 0.29) is 5.91 Å². The van der Waals surface area contributed by atoms with Crippen LogP contribution in [-0.2, 0) is 0 Å². The molecule has 0 saturated heterocycles. The average Bonchev–Trinajstić information content (AvgIpc) is 2.53. The highest BCUT2D eigenvalue weighted by atomic mass is 35.5. The van der Waals surface area contributed by atoms with Gasteiger partial charge in [0.1, 0.15) is 0 Å². The van der Waals surface area contributed by atoms with Crippen LogP contribution >= 0.6 is 11.6 Å². The molecule has 5 heteroatoms. The van der Waals surface area contributed by atoms with Crippen molar-refractivity contribution in [2.75, 3.05) is 19.0 Å². The number of hydrogen-bond acceptors (Lipinski definition) is 3. The second kappa shape index (κ2) is 7.38. The first kappa shape index (κ1) is 17.2. The molecule has 0 heterocycles. The zero-order valence-corrected chi connectivity index (χ0v) is 14.5. The van der Waals surface area contributed by atoms with Crippen molar-refractivity contribution in [3.8, 4) is 11.5 Å². The van der Waals surface area contributed by atoms with Crippen LogP contribution in [0.25, 0.3) is 0 Å². The van der Waals surface area contributed by atoms with Crippen LogP contribution < -0.4 is 14.8 Å². The first-order valence-electron chi connectivity index (χ1n) is 7.35. The highest BCUT2D eigenvalue weighted by molar-refractivity contribution is 6.32. The van der Waals surface area contributed by atoms with Crippen molar-refractivity contribution < 1.29 is 14.3 Å². The van der Waals surface area contributed by atoms with Gasteiger partial charge in [-0.05, 0) is 50.1 Å². The van der Waals surface area contributed by atoms with E-state index in [2.05, 4.69) is 5.32 Å². The minimum atomic E-state index is -0.248. The van der Waals surface area contributed by atoms with Gasteiger partial charge in [-0.2, -0.15) is 0 Å². The molecule has 0 atom stereocenters. The fraction of sp³-hybridized carbons (Fsp3) is 0.278. The van der Waals surface area contributed by atoms with Gasteiger partial charge in [0.2, 0.25) is 0 Å². The number of halogens is 1. The van der Waals surface area contributed by atoms with E-state index in [1.54, 1.807) is 12.1 Å². The lowest BCUT2D eigenvalue weighted by molar-refractivity contribution is 0.102. The molecule has 0 aliphatic carbocycles. The lowest BCUT2D eigenvalue weighted by Gasteiger charge is -2.14. The van der Waals surface area contributed by atoms with Gasteiger partial charge in [0.05, 0.1) is 18.7 Å². The van der Waals surface area contributed by atoms with E-state index in [4.69, 9.17) is 21.1 Å². The van der Waals surface area contributed by atoms with Gasteiger partial charge < -0.3 is 14.8 Å². The quantitative estimate of drug-likeness (QED) is 0.868. The minimum Gasteiger partial charge on any atom is -0.493 e. The zero-order chi connectivity index (χ0) is 17.0. The van der Waals surface area contributed by atoms with E-state index >= 15 is 0 Å². The number of ether oxygens (including phenoxy) is 2. The predicted molar refractivity (Wildman–Crippen MR) is 93.0 cm³/mol. The van der Waals surface area contributed by atoms with Gasteiger partial charge in [-0.3, -0.25) is 4.79 Å². The van der Waals surface area contributed by atoms with E-state index in [9.17, 15) is 4.79 Å². The van der Waals surface area contributed by atoms with E-state index in [1.165, 1.54) is 7.11 Å². The fourth-order valence-corrected chi connectivity index (χ4v) is 2.48. The monoisotopic (exact) mass is 333 g/mol. The summed E-state index contributed by atoms with van der Waals surface area (Å²) in [5.74, 6) is 0.632. The molecule has 0 fully saturated rings. The number of anilines is 1. The summed E-state index contributed by atoms with van der Waals surface area (Å²) in [5, 5.41) is 3.25. The molecular weight excluding hydrogens is 314 g/mol. The molecule has 0 bridgehead atoms. The summed E-state index contributed by atoms with van der Waals surface area (Å²) in [6, 6.07) is 8.98. The third kappa shape index (κ3) is 3.77. The SMILES string of the molecule is CCOc1c(Cl)cc(C(=O)Nc2cccc(C)c2C)cc1OC. The number of aryl methyl sites for hydroxylation is 1. The number of hydrogen-bond donors (Lipinski definition) is 1. The van der Waals surface area contributed by atoms with Crippen LogP contribution in [0.4, 0.5) is 5.69 Å². The average molecular weight is 334 g/mol. The van der Waals surface area contributed by atoms with Gasteiger partial charge >= 0.3 is 0 Å². The zero-order valence-electron chi connectivity index (χ0n) is 13.7. The Morgan fingerprint density at radius 2 is 2.00 bits per heavy atom. The molecule has 122 valence electrons. The van der Waals surface area contributed by atoms with Gasteiger partial charge in [-0.25, -0.2) is 0 Å². The molecule has 0 aliphatic rings. The molecule has 4 nitrogen and oxygen atoms in total. The van der Waals surface area contributed by atoms with Crippen molar-refractivity contribution in [1.29, 1.82) is 0 Å². The maximum atomic E-state index is 12.5. The van der Waals surface area contributed by atoms with E-state index in [0.29, 0.717) is 28.7 Å². The summed E-state index contributed by atoms with van der Waals surface area (Å²) < 4.78 is 10.7. The van der Waals surface area contributed by atoms with Crippen molar-refractivity contribution in [2.24, 2.45) is 0 Å². The Hall–Kier alpha value is -2.20. The van der Waals surface area contributed by atoms with Crippen LogP contribution in [-0.4, -0.2) is 19.6 Å². The van der Waals surface area contributed by atoms with Crippen molar-refractivity contribution in [1.82, 2.24) is 0 Å². The topological polar surface area (TPSA) is 47.6 Å². The van der Waals surface area contributed by atoms with Crippen molar-refractivity contribution in [2.45, 2.75) is 20.8 Å². The molecule has 2 rings (SSSR count). The number of amides is 1. The summed E-state index contributed by atoms with van der Waals surface area (Å²) in [6.07, 6.45) is 0. The number of rotatable bonds is 5. The molecule has 0 spiro atoms. The van der Waals surface area contributed by atoms with Crippen LogP contribution in [0.2, 0.25) is 5.02 Å². The molecular formula is C18H20ClNO3. The summed E-state index contributed by atoms with van der Waals surface area (Å²) >= 11 is 6.21. The molecule has 2 aromatic rings. The summed E-state index contributed by atoms with van der Waals surface area (Å²) in [6.45, 7) is 6.29. The third-order valence-electron chi connectivity index (χ3n) is 3.63. The highest BCUT2D eigenvalue weighted by Gasteiger charge is 2.16. The molecule has 1 amide bonds. The second-order valence-electron chi connectivity index (χ2n) is 5.12. The van der Waals surface area contributed by atoms with Gasteiger partial charge in [0.25, 0.3) is 5.91 Å². The molecule has 0 radical (unpaired) electrons. The molecule has 0 unspecified atom stereocenters.